The maximum atomic E-state index is 11.9. The first-order valence-corrected chi connectivity index (χ1v) is 10.1. The minimum Gasteiger partial charge on any atom is -0.494 e. The van der Waals surface area contributed by atoms with Crippen molar-refractivity contribution in [1.29, 1.82) is 0 Å². The van der Waals surface area contributed by atoms with Crippen molar-refractivity contribution < 1.29 is 14.3 Å². The molecule has 4 heteroatoms. The molecule has 0 saturated heterocycles. The molecule has 0 amide bonds. The maximum absolute atomic E-state index is 11.9. The van der Waals surface area contributed by atoms with Crippen LogP contribution in [0.15, 0.2) is 36.4 Å². The van der Waals surface area contributed by atoms with Gasteiger partial charge in [-0.05, 0) is 84.2 Å². The molecule has 0 bridgehead atoms. The minimum atomic E-state index is -0.289. The smallest absolute Gasteiger partial charge is 0.337 e. The molecule has 3 rings (SSSR count). The second kappa shape index (κ2) is 8.43. The Morgan fingerprint density at radius 1 is 1.08 bits per heavy atom. The molecule has 3 nitrogen and oxygen atoms in total. The number of carbonyl (C=O) groups is 1. The number of ether oxygens (including phenoxy) is 2. The van der Waals surface area contributed by atoms with Crippen LogP contribution in [0.3, 0.4) is 0 Å². The molecule has 0 spiro atoms. The van der Waals surface area contributed by atoms with E-state index in [2.05, 4.69) is 24.5 Å². The first-order chi connectivity index (χ1) is 12.2. The zero-order valence-electron chi connectivity index (χ0n) is 14.8. The summed E-state index contributed by atoms with van der Waals surface area (Å²) in [5.41, 5.74) is 5.54. The van der Waals surface area contributed by atoms with Crippen molar-refractivity contribution in [3.8, 4) is 16.9 Å². The van der Waals surface area contributed by atoms with Gasteiger partial charge in [-0.2, -0.15) is 11.8 Å². The predicted molar refractivity (Wildman–Crippen MR) is 104 cm³/mol. The second-order valence-electron chi connectivity index (χ2n) is 6.23. The van der Waals surface area contributed by atoms with E-state index < -0.39 is 0 Å². The van der Waals surface area contributed by atoms with Crippen LogP contribution in [0.5, 0.6) is 5.75 Å². The van der Waals surface area contributed by atoms with Crippen LogP contribution in [0, 0.1) is 0 Å². The summed E-state index contributed by atoms with van der Waals surface area (Å²) in [6.07, 6.45) is 6.33. The van der Waals surface area contributed by atoms with Crippen LogP contribution in [-0.2, 0) is 17.6 Å². The molecule has 0 saturated carbocycles. The number of benzene rings is 2. The van der Waals surface area contributed by atoms with Gasteiger partial charge in [-0.15, -0.1) is 0 Å². The van der Waals surface area contributed by atoms with Gasteiger partial charge in [0.05, 0.1) is 19.3 Å². The summed E-state index contributed by atoms with van der Waals surface area (Å²) in [4.78, 5) is 11.9. The maximum Gasteiger partial charge on any atom is 0.337 e. The Balaban J connectivity index is 1.89. The molecule has 1 aliphatic carbocycles. The molecule has 0 radical (unpaired) electrons. The Morgan fingerprint density at radius 2 is 1.92 bits per heavy atom. The number of carbonyl (C=O) groups excluding carboxylic acids is 1. The number of hydrogen-bond acceptors (Lipinski definition) is 4. The van der Waals surface area contributed by atoms with Crippen LogP contribution in [0.2, 0.25) is 0 Å². The molecule has 2 aromatic rings. The summed E-state index contributed by atoms with van der Waals surface area (Å²) < 4.78 is 10.8. The predicted octanol–water partition coefficient (Wildman–Crippen LogP) is 4.76. The van der Waals surface area contributed by atoms with Crippen molar-refractivity contribution in [2.24, 2.45) is 0 Å². The normalized spacial score (nSPS) is 12.7. The van der Waals surface area contributed by atoms with E-state index in [1.54, 1.807) is 0 Å². The highest BCUT2D eigenvalue weighted by molar-refractivity contribution is 7.98. The van der Waals surface area contributed by atoms with Gasteiger partial charge in [0.2, 0.25) is 0 Å². The molecule has 0 aliphatic heterocycles. The third-order valence-corrected chi connectivity index (χ3v) is 5.25. The van der Waals surface area contributed by atoms with E-state index in [0.29, 0.717) is 5.56 Å². The van der Waals surface area contributed by atoms with Crippen LogP contribution in [0.25, 0.3) is 11.1 Å². The average molecular weight is 356 g/mol. The monoisotopic (exact) mass is 356 g/mol. The Bertz CT molecular complexity index is 755. The summed E-state index contributed by atoms with van der Waals surface area (Å²) in [6, 6.07) is 12.2. The van der Waals surface area contributed by atoms with Crippen molar-refractivity contribution in [3.05, 3.63) is 53.1 Å². The van der Waals surface area contributed by atoms with E-state index in [1.165, 1.54) is 23.8 Å². The highest BCUT2D eigenvalue weighted by Crippen LogP contribution is 2.35. The summed E-state index contributed by atoms with van der Waals surface area (Å²) in [7, 11) is 1.42. The SMILES string of the molecule is COC(=O)c1ccc2c(c1)-c1ccc(OCCCSC)cc1CCC2. The lowest BCUT2D eigenvalue weighted by Gasteiger charge is -2.13. The Kier molecular flexibility index (Phi) is 6.03. The van der Waals surface area contributed by atoms with E-state index in [4.69, 9.17) is 9.47 Å². The van der Waals surface area contributed by atoms with Crippen molar-refractivity contribution >= 4 is 17.7 Å². The van der Waals surface area contributed by atoms with Gasteiger partial charge in [-0.1, -0.05) is 12.1 Å². The number of methoxy groups -OCH3 is 1. The molecular formula is C21H24O3S. The largest absolute Gasteiger partial charge is 0.494 e. The van der Waals surface area contributed by atoms with Crippen LogP contribution in [0.1, 0.15) is 34.3 Å². The Morgan fingerprint density at radius 3 is 2.72 bits per heavy atom. The first kappa shape index (κ1) is 17.9. The molecular weight excluding hydrogens is 332 g/mol. The zero-order valence-corrected chi connectivity index (χ0v) is 15.7. The molecule has 0 N–H and O–H groups in total. The molecule has 0 heterocycles. The molecule has 25 heavy (non-hydrogen) atoms. The van der Waals surface area contributed by atoms with Crippen molar-refractivity contribution in [2.45, 2.75) is 25.7 Å². The molecule has 1 aliphatic rings. The van der Waals surface area contributed by atoms with E-state index in [0.717, 1.165) is 49.4 Å². The van der Waals surface area contributed by atoms with Gasteiger partial charge in [-0.3, -0.25) is 0 Å². The number of thioether (sulfide) groups is 1. The summed E-state index contributed by atoms with van der Waals surface area (Å²) in [5.74, 6) is 1.77. The lowest BCUT2D eigenvalue weighted by atomic mass is 9.94. The van der Waals surface area contributed by atoms with E-state index in [-0.39, 0.29) is 5.97 Å². The Hall–Kier alpha value is -1.94. The number of hydrogen-bond donors (Lipinski definition) is 0. The van der Waals surface area contributed by atoms with E-state index in [1.807, 2.05) is 30.0 Å². The first-order valence-electron chi connectivity index (χ1n) is 8.69. The third-order valence-electron chi connectivity index (χ3n) is 4.55. The molecule has 0 atom stereocenters. The number of rotatable bonds is 6. The summed E-state index contributed by atoms with van der Waals surface area (Å²) >= 11 is 1.84. The lowest BCUT2D eigenvalue weighted by molar-refractivity contribution is 0.0601. The standard InChI is InChI=1S/C21H24O3S/c1-23-21(22)17-8-7-15-5-3-6-16-13-18(24-11-4-12-25-2)9-10-19(16)20(15)14-17/h7-10,13-14H,3-6,11-12H2,1-2H3. The molecule has 0 aromatic heterocycles. The minimum absolute atomic E-state index is 0.289. The van der Waals surface area contributed by atoms with Crippen molar-refractivity contribution in [2.75, 3.05) is 25.7 Å². The fourth-order valence-corrected chi connectivity index (χ4v) is 3.69. The quantitative estimate of drug-likeness (QED) is 0.552. The average Bonchev–Trinajstić information content (AvgIpc) is 2.83. The summed E-state index contributed by atoms with van der Waals surface area (Å²) in [5, 5.41) is 0. The van der Waals surface area contributed by atoms with Gasteiger partial charge in [0.1, 0.15) is 5.75 Å². The van der Waals surface area contributed by atoms with Crippen molar-refractivity contribution in [3.63, 3.8) is 0 Å². The fraction of sp³-hybridized carbons (Fsp3) is 0.381. The van der Waals surface area contributed by atoms with Gasteiger partial charge in [-0.25, -0.2) is 4.79 Å². The van der Waals surface area contributed by atoms with Gasteiger partial charge >= 0.3 is 5.97 Å². The summed E-state index contributed by atoms with van der Waals surface area (Å²) in [6.45, 7) is 0.753. The number of fused-ring (bicyclic) bond motifs is 3. The highest BCUT2D eigenvalue weighted by Gasteiger charge is 2.17. The zero-order chi connectivity index (χ0) is 17.6. The second-order valence-corrected chi connectivity index (χ2v) is 7.22. The fourth-order valence-electron chi connectivity index (χ4n) is 3.28. The number of aryl methyl sites for hydroxylation is 2. The Labute approximate surface area is 153 Å². The topological polar surface area (TPSA) is 35.5 Å². The van der Waals surface area contributed by atoms with Gasteiger partial charge < -0.3 is 9.47 Å². The number of esters is 1. The van der Waals surface area contributed by atoms with Crippen LogP contribution >= 0.6 is 11.8 Å². The van der Waals surface area contributed by atoms with Gasteiger partial charge in [0.15, 0.2) is 0 Å². The molecule has 0 unspecified atom stereocenters. The van der Waals surface area contributed by atoms with Crippen LogP contribution in [0.4, 0.5) is 0 Å². The van der Waals surface area contributed by atoms with Crippen LogP contribution < -0.4 is 4.74 Å². The van der Waals surface area contributed by atoms with Crippen LogP contribution in [-0.4, -0.2) is 31.7 Å². The highest BCUT2D eigenvalue weighted by atomic mass is 32.2. The molecule has 0 fully saturated rings. The van der Waals surface area contributed by atoms with Gasteiger partial charge in [0.25, 0.3) is 0 Å². The third kappa shape index (κ3) is 4.18. The van der Waals surface area contributed by atoms with Crippen molar-refractivity contribution in [1.82, 2.24) is 0 Å². The van der Waals surface area contributed by atoms with E-state index >= 15 is 0 Å². The lowest BCUT2D eigenvalue weighted by Crippen LogP contribution is -2.02. The molecule has 2 aromatic carbocycles. The van der Waals surface area contributed by atoms with Gasteiger partial charge in [0, 0.05) is 0 Å². The van der Waals surface area contributed by atoms with E-state index in [9.17, 15) is 4.79 Å². The molecule has 132 valence electrons.